The first-order chi connectivity index (χ1) is 14.4. The molecule has 0 fully saturated rings. The van der Waals surface area contributed by atoms with E-state index in [1.54, 1.807) is 24.3 Å². The van der Waals surface area contributed by atoms with Crippen LogP contribution in [0.25, 0.3) is 10.9 Å². The van der Waals surface area contributed by atoms with Crippen LogP contribution in [0.2, 0.25) is 0 Å². The summed E-state index contributed by atoms with van der Waals surface area (Å²) in [6.45, 7) is 1.90. The van der Waals surface area contributed by atoms with Gasteiger partial charge in [-0.05, 0) is 49.1 Å². The van der Waals surface area contributed by atoms with Crippen molar-refractivity contribution in [3.8, 4) is 11.5 Å². The molecule has 0 saturated heterocycles. The highest BCUT2D eigenvalue weighted by atomic mass is 32.2. The topological polar surface area (TPSA) is 97.5 Å². The van der Waals surface area contributed by atoms with Gasteiger partial charge in [0.1, 0.15) is 11.5 Å². The second-order valence-electron chi connectivity index (χ2n) is 7.29. The van der Waals surface area contributed by atoms with E-state index in [2.05, 4.69) is 9.71 Å². The van der Waals surface area contributed by atoms with Crippen LogP contribution in [0.5, 0.6) is 11.5 Å². The molecular formula is C22H24N2O5S. The minimum absolute atomic E-state index is 0.111. The van der Waals surface area contributed by atoms with E-state index in [4.69, 9.17) is 9.47 Å². The van der Waals surface area contributed by atoms with Crippen molar-refractivity contribution in [3.05, 3.63) is 47.2 Å². The van der Waals surface area contributed by atoms with Crippen LogP contribution in [0.1, 0.15) is 41.4 Å². The Bertz CT molecular complexity index is 1240. The molecule has 0 atom stereocenters. The van der Waals surface area contributed by atoms with Crippen molar-refractivity contribution in [2.24, 2.45) is 0 Å². The Morgan fingerprint density at radius 1 is 1.10 bits per heavy atom. The molecule has 0 aliphatic heterocycles. The number of carbonyl (C=O) groups is 1. The van der Waals surface area contributed by atoms with Gasteiger partial charge in [-0.25, -0.2) is 8.42 Å². The van der Waals surface area contributed by atoms with Gasteiger partial charge in [0.15, 0.2) is 5.78 Å². The third kappa shape index (κ3) is 3.41. The van der Waals surface area contributed by atoms with Crippen LogP contribution in [0.3, 0.4) is 0 Å². The Balaban J connectivity index is 1.83. The molecule has 0 bridgehead atoms. The maximum Gasteiger partial charge on any atom is 0.262 e. The number of rotatable bonds is 6. The zero-order chi connectivity index (χ0) is 21.5. The number of methoxy groups -OCH3 is 2. The third-order valence-corrected chi connectivity index (χ3v) is 6.94. The minimum atomic E-state index is -3.91. The molecule has 0 amide bonds. The van der Waals surface area contributed by atoms with Crippen LogP contribution in [0.4, 0.5) is 5.69 Å². The lowest BCUT2D eigenvalue weighted by molar-refractivity contribution is 0.0974. The van der Waals surface area contributed by atoms with Crippen LogP contribution in [-0.4, -0.2) is 33.4 Å². The van der Waals surface area contributed by atoms with Gasteiger partial charge < -0.3 is 14.5 Å². The summed E-state index contributed by atoms with van der Waals surface area (Å²) in [7, 11) is -0.923. The first-order valence-electron chi connectivity index (χ1n) is 9.83. The van der Waals surface area contributed by atoms with Crippen LogP contribution in [-0.2, 0) is 22.9 Å². The van der Waals surface area contributed by atoms with Gasteiger partial charge in [-0.2, -0.15) is 0 Å². The lowest BCUT2D eigenvalue weighted by atomic mass is 9.94. The Labute approximate surface area is 175 Å². The molecule has 1 aliphatic carbocycles. The average Bonchev–Trinajstić information content (AvgIpc) is 3.11. The summed E-state index contributed by atoms with van der Waals surface area (Å²) in [6, 6.07) is 8.36. The number of hydrogen-bond acceptors (Lipinski definition) is 5. The van der Waals surface area contributed by atoms with Crippen molar-refractivity contribution < 1.29 is 22.7 Å². The fourth-order valence-corrected chi connectivity index (χ4v) is 5.38. The third-order valence-electron chi connectivity index (χ3n) is 5.49. The van der Waals surface area contributed by atoms with Gasteiger partial charge in [-0.3, -0.25) is 9.52 Å². The smallest absolute Gasteiger partial charge is 0.262 e. The number of ether oxygens (including phenoxy) is 2. The number of anilines is 1. The van der Waals surface area contributed by atoms with Crippen molar-refractivity contribution in [1.82, 2.24) is 4.98 Å². The van der Waals surface area contributed by atoms with Crippen molar-refractivity contribution in [1.29, 1.82) is 0 Å². The average molecular weight is 429 g/mol. The van der Waals surface area contributed by atoms with E-state index in [1.807, 2.05) is 13.0 Å². The van der Waals surface area contributed by atoms with Crippen molar-refractivity contribution >= 4 is 32.4 Å². The van der Waals surface area contributed by atoms with E-state index in [1.165, 1.54) is 14.2 Å². The normalized spacial score (nSPS) is 13.9. The van der Waals surface area contributed by atoms with E-state index in [-0.39, 0.29) is 10.7 Å². The molecule has 3 aromatic rings. The molecule has 8 heteroatoms. The quantitative estimate of drug-likeness (QED) is 0.617. The fraction of sp³-hybridized carbons (Fsp3) is 0.318. The summed E-state index contributed by atoms with van der Waals surface area (Å²) < 4.78 is 39.7. The van der Waals surface area contributed by atoms with Crippen molar-refractivity contribution in [2.45, 2.75) is 37.5 Å². The van der Waals surface area contributed by atoms with E-state index in [9.17, 15) is 13.2 Å². The summed E-state index contributed by atoms with van der Waals surface area (Å²) >= 11 is 0. The molecule has 7 nitrogen and oxygen atoms in total. The molecule has 0 unspecified atom stereocenters. The molecule has 2 aromatic carbocycles. The zero-order valence-electron chi connectivity index (χ0n) is 17.2. The molecule has 1 aromatic heterocycles. The summed E-state index contributed by atoms with van der Waals surface area (Å²) in [4.78, 5) is 15.9. The van der Waals surface area contributed by atoms with E-state index in [0.29, 0.717) is 46.7 Å². The molecule has 0 spiro atoms. The number of hydrogen-bond donors (Lipinski definition) is 2. The van der Waals surface area contributed by atoms with Gasteiger partial charge in [0.25, 0.3) is 10.0 Å². The minimum Gasteiger partial charge on any atom is -0.497 e. The highest BCUT2D eigenvalue weighted by Crippen LogP contribution is 2.35. The van der Waals surface area contributed by atoms with Crippen LogP contribution < -0.4 is 14.2 Å². The first-order valence-corrected chi connectivity index (χ1v) is 11.3. The number of carbonyl (C=O) groups excluding carboxylic acids is 1. The largest absolute Gasteiger partial charge is 0.497 e. The van der Waals surface area contributed by atoms with Gasteiger partial charge >= 0.3 is 0 Å². The van der Waals surface area contributed by atoms with Crippen LogP contribution >= 0.6 is 0 Å². The fourth-order valence-electron chi connectivity index (χ4n) is 4.00. The number of aromatic nitrogens is 1. The predicted octanol–water partition coefficient (Wildman–Crippen LogP) is 4.07. The second kappa shape index (κ2) is 7.68. The van der Waals surface area contributed by atoms with Crippen LogP contribution in [0, 0.1) is 0 Å². The van der Waals surface area contributed by atoms with Gasteiger partial charge in [0.05, 0.1) is 24.8 Å². The Morgan fingerprint density at radius 3 is 2.60 bits per heavy atom. The van der Waals surface area contributed by atoms with Crippen molar-refractivity contribution in [3.63, 3.8) is 0 Å². The lowest BCUT2D eigenvalue weighted by Gasteiger charge is -2.15. The molecule has 30 heavy (non-hydrogen) atoms. The molecule has 1 aliphatic rings. The number of aromatic amines is 1. The number of H-pyrrole nitrogens is 1. The Hall–Kier alpha value is -3.00. The molecule has 0 saturated carbocycles. The van der Waals surface area contributed by atoms with Crippen LogP contribution in [0.15, 0.2) is 35.2 Å². The number of Topliss-reactive ketones (excluding diaryl/α,β-unsaturated/α-hetero) is 1. The number of sulfonamides is 1. The van der Waals surface area contributed by atoms with E-state index in [0.717, 1.165) is 23.9 Å². The second-order valence-corrected chi connectivity index (χ2v) is 8.94. The summed E-state index contributed by atoms with van der Waals surface area (Å²) in [5, 5.41) is 0.796. The van der Waals surface area contributed by atoms with Gasteiger partial charge in [-0.15, -0.1) is 0 Å². The zero-order valence-corrected chi connectivity index (χ0v) is 18.0. The van der Waals surface area contributed by atoms with E-state index >= 15 is 0 Å². The molecule has 158 valence electrons. The highest BCUT2D eigenvalue weighted by Gasteiger charge is 2.26. The first kappa shape index (κ1) is 20.3. The molecule has 0 radical (unpaired) electrons. The SMILES string of the molecule is CCc1cc2c3c([nH]c2cc1S(=O)(=O)Nc1cc(OC)ccc1OC)CCCC3=O. The molecular weight excluding hydrogens is 404 g/mol. The lowest BCUT2D eigenvalue weighted by Crippen LogP contribution is -2.16. The Kier molecular flexibility index (Phi) is 5.19. The molecule has 1 heterocycles. The summed E-state index contributed by atoms with van der Waals surface area (Å²) in [5.41, 5.74) is 3.19. The summed E-state index contributed by atoms with van der Waals surface area (Å²) in [6.07, 6.45) is 2.63. The maximum atomic E-state index is 13.3. The van der Waals surface area contributed by atoms with E-state index < -0.39 is 10.0 Å². The number of nitrogens with one attached hydrogen (secondary N) is 2. The monoisotopic (exact) mass is 428 g/mol. The van der Waals surface area contributed by atoms with Gasteiger partial charge in [0.2, 0.25) is 0 Å². The number of fused-ring (bicyclic) bond motifs is 3. The number of ketones is 1. The van der Waals surface area contributed by atoms with Crippen molar-refractivity contribution in [2.75, 3.05) is 18.9 Å². The summed E-state index contributed by atoms with van der Waals surface area (Å²) in [5.74, 6) is 1.01. The predicted molar refractivity (Wildman–Crippen MR) is 115 cm³/mol. The highest BCUT2D eigenvalue weighted by molar-refractivity contribution is 7.92. The Morgan fingerprint density at radius 2 is 1.90 bits per heavy atom. The van der Waals surface area contributed by atoms with Gasteiger partial charge in [-0.1, -0.05) is 6.92 Å². The maximum absolute atomic E-state index is 13.3. The number of aryl methyl sites for hydroxylation is 2. The molecule has 2 N–H and O–H groups in total. The molecule has 4 rings (SSSR count). The standard InChI is InChI=1S/C22H24N2O5S/c1-4-13-10-15-17(23-16-6-5-7-19(25)22(15)16)12-21(13)30(26,27)24-18-11-14(28-2)8-9-20(18)29-3/h8-12,23-24H,4-7H2,1-3H3. The van der Waals surface area contributed by atoms with Gasteiger partial charge in [0, 0.05) is 34.6 Å². The number of benzene rings is 2.